The summed E-state index contributed by atoms with van der Waals surface area (Å²) in [5.74, 6) is 0.281. The molecule has 2 N–H and O–H groups in total. The Kier molecular flexibility index (Phi) is 5.75. The topological polar surface area (TPSA) is 67.4 Å². The van der Waals surface area contributed by atoms with E-state index in [-0.39, 0.29) is 12.0 Å². The van der Waals surface area contributed by atoms with Crippen LogP contribution in [0.25, 0.3) is 0 Å². The standard InChI is InChI=1S/C15H24N2O3S/c1-3-15(16-2)13-5-4-6-14(9-13)21(18,19)17-10-12-7-8-20-11-12/h4-6,9,12,15-17H,3,7-8,10-11H2,1-2H3. The second kappa shape index (κ2) is 7.35. The molecule has 1 heterocycles. The van der Waals surface area contributed by atoms with Crippen LogP contribution in [0.3, 0.4) is 0 Å². The first-order valence-corrected chi connectivity index (χ1v) is 8.89. The van der Waals surface area contributed by atoms with Gasteiger partial charge >= 0.3 is 0 Å². The predicted octanol–water partition coefficient (Wildman–Crippen LogP) is 1.67. The average Bonchev–Trinajstić information content (AvgIpc) is 3.00. The van der Waals surface area contributed by atoms with Gasteiger partial charge in [0, 0.05) is 19.2 Å². The van der Waals surface area contributed by atoms with Gasteiger partial charge < -0.3 is 10.1 Å². The van der Waals surface area contributed by atoms with Crippen molar-refractivity contribution in [3.05, 3.63) is 29.8 Å². The zero-order valence-corrected chi connectivity index (χ0v) is 13.4. The van der Waals surface area contributed by atoms with Gasteiger partial charge in [0.25, 0.3) is 0 Å². The minimum atomic E-state index is -3.45. The molecule has 1 aliphatic heterocycles. The summed E-state index contributed by atoms with van der Waals surface area (Å²) in [6, 6.07) is 7.30. The van der Waals surface area contributed by atoms with Crippen molar-refractivity contribution in [2.75, 3.05) is 26.8 Å². The van der Waals surface area contributed by atoms with Gasteiger partial charge in [0.15, 0.2) is 0 Å². The number of benzene rings is 1. The third-order valence-electron chi connectivity index (χ3n) is 3.91. The van der Waals surface area contributed by atoms with Crippen LogP contribution < -0.4 is 10.0 Å². The maximum absolute atomic E-state index is 12.4. The zero-order chi connectivity index (χ0) is 15.3. The maximum Gasteiger partial charge on any atom is 0.240 e. The van der Waals surface area contributed by atoms with Crippen LogP contribution in [0.5, 0.6) is 0 Å². The fourth-order valence-corrected chi connectivity index (χ4v) is 3.73. The highest BCUT2D eigenvalue weighted by molar-refractivity contribution is 7.89. The molecule has 0 bridgehead atoms. The Balaban J connectivity index is 2.09. The Labute approximate surface area is 127 Å². The van der Waals surface area contributed by atoms with E-state index in [9.17, 15) is 8.42 Å². The van der Waals surface area contributed by atoms with Gasteiger partial charge in [0.2, 0.25) is 10.0 Å². The summed E-state index contributed by atoms with van der Waals surface area (Å²) < 4.78 is 32.7. The summed E-state index contributed by atoms with van der Waals surface area (Å²) in [6.07, 6.45) is 1.83. The van der Waals surface area contributed by atoms with E-state index in [1.807, 2.05) is 13.1 Å². The zero-order valence-electron chi connectivity index (χ0n) is 12.6. The lowest BCUT2D eigenvalue weighted by molar-refractivity contribution is 0.186. The van der Waals surface area contributed by atoms with Crippen LogP contribution in [0.15, 0.2) is 29.2 Å². The molecule has 2 rings (SSSR count). The molecule has 0 spiro atoms. The van der Waals surface area contributed by atoms with E-state index in [1.165, 1.54) is 0 Å². The van der Waals surface area contributed by atoms with Gasteiger partial charge in [-0.15, -0.1) is 0 Å². The summed E-state index contributed by atoms with van der Waals surface area (Å²) >= 11 is 0. The summed E-state index contributed by atoms with van der Waals surface area (Å²) in [5.41, 5.74) is 0.993. The summed E-state index contributed by atoms with van der Waals surface area (Å²) in [7, 11) is -1.57. The number of hydrogen-bond donors (Lipinski definition) is 2. The number of hydrogen-bond acceptors (Lipinski definition) is 4. The lowest BCUT2D eigenvalue weighted by Crippen LogP contribution is -2.29. The molecule has 0 saturated carbocycles. The molecule has 21 heavy (non-hydrogen) atoms. The Morgan fingerprint density at radius 2 is 2.24 bits per heavy atom. The van der Waals surface area contributed by atoms with Crippen molar-refractivity contribution in [2.24, 2.45) is 5.92 Å². The normalized spacial score (nSPS) is 20.6. The van der Waals surface area contributed by atoms with Crippen molar-refractivity contribution < 1.29 is 13.2 Å². The fourth-order valence-electron chi connectivity index (χ4n) is 2.56. The first kappa shape index (κ1) is 16.4. The van der Waals surface area contributed by atoms with Gasteiger partial charge in [0.05, 0.1) is 11.5 Å². The van der Waals surface area contributed by atoms with E-state index in [4.69, 9.17) is 4.74 Å². The minimum Gasteiger partial charge on any atom is -0.381 e. The predicted molar refractivity (Wildman–Crippen MR) is 82.6 cm³/mol. The Hall–Kier alpha value is -0.950. The molecule has 0 aliphatic carbocycles. The van der Waals surface area contributed by atoms with Crippen LogP contribution in [0.1, 0.15) is 31.4 Å². The summed E-state index contributed by atoms with van der Waals surface area (Å²) in [6.45, 7) is 3.87. The number of rotatable bonds is 7. The second-order valence-electron chi connectivity index (χ2n) is 5.40. The van der Waals surface area contributed by atoms with Crippen LogP contribution in [-0.2, 0) is 14.8 Å². The van der Waals surface area contributed by atoms with Gasteiger partial charge in [-0.1, -0.05) is 19.1 Å². The molecule has 118 valence electrons. The van der Waals surface area contributed by atoms with Crippen molar-refractivity contribution in [1.29, 1.82) is 0 Å². The van der Waals surface area contributed by atoms with Crippen molar-refractivity contribution >= 4 is 10.0 Å². The molecule has 6 heteroatoms. The highest BCUT2D eigenvalue weighted by Gasteiger charge is 2.21. The van der Waals surface area contributed by atoms with Crippen molar-refractivity contribution in [3.63, 3.8) is 0 Å². The number of sulfonamides is 1. The van der Waals surface area contributed by atoms with E-state index >= 15 is 0 Å². The molecule has 0 aromatic heterocycles. The highest BCUT2D eigenvalue weighted by atomic mass is 32.2. The van der Waals surface area contributed by atoms with Crippen LogP contribution in [0.2, 0.25) is 0 Å². The fraction of sp³-hybridized carbons (Fsp3) is 0.600. The molecule has 0 radical (unpaired) electrons. The summed E-state index contributed by atoms with van der Waals surface area (Å²) in [5, 5.41) is 3.19. The molecule has 2 atom stereocenters. The van der Waals surface area contributed by atoms with Gasteiger partial charge in [-0.05, 0) is 43.5 Å². The minimum absolute atomic E-state index is 0.170. The average molecular weight is 312 g/mol. The molecule has 5 nitrogen and oxygen atoms in total. The lowest BCUT2D eigenvalue weighted by atomic mass is 10.1. The number of nitrogens with one attached hydrogen (secondary N) is 2. The number of ether oxygens (including phenoxy) is 1. The maximum atomic E-state index is 12.4. The van der Waals surface area contributed by atoms with Crippen molar-refractivity contribution in [2.45, 2.75) is 30.7 Å². The van der Waals surface area contributed by atoms with Crippen LogP contribution in [0, 0.1) is 5.92 Å². The van der Waals surface area contributed by atoms with Crippen molar-refractivity contribution in [3.8, 4) is 0 Å². The third kappa shape index (κ3) is 4.26. The van der Waals surface area contributed by atoms with Crippen LogP contribution in [-0.4, -0.2) is 35.2 Å². The van der Waals surface area contributed by atoms with Gasteiger partial charge in [-0.25, -0.2) is 13.1 Å². The largest absolute Gasteiger partial charge is 0.381 e. The Morgan fingerprint density at radius 3 is 2.86 bits per heavy atom. The van der Waals surface area contributed by atoms with E-state index in [1.54, 1.807) is 18.2 Å². The van der Waals surface area contributed by atoms with E-state index < -0.39 is 10.0 Å². The van der Waals surface area contributed by atoms with E-state index in [2.05, 4.69) is 17.0 Å². The first-order chi connectivity index (χ1) is 10.1. The monoisotopic (exact) mass is 312 g/mol. The first-order valence-electron chi connectivity index (χ1n) is 7.41. The Bertz CT molecular complexity index is 550. The molecular formula is C15H24N2O3S. The second-order valence-corrected chi connectivity index (χ2v) is 7.17. The van der Waals surface area contributed by atoms with Crippen LogP contribution >= 0.6 is 0 Å². The molecule has 1 saturated heterocycles. The lowest BCUT2D eigenvalue weighted by Gasteiger charge is -2.16. The quantitative estimate of drug-likeness (QED) is 0.804. The molecule has 1 aromatic rings. The molecule has 1 aliphatic rings. The highest BCUT2D eigenvalue weighted by Crippen LogP contribution is 2.20. The third-order valence-corrected chi connectivity index (χ3v) is 5.33. The molecule has 0 amide bonds. The van der Waals surface area contributed by atoms with E-state index in [0.29, 0.717) is 18.0 Å². The Morgan fingerprint density at radius 1 is 1.43 bits per heavy atom. The summed E-state index contributed by atoms with van der Waals surface area (Å²) in [4.78, 5) is 0.326. The molecule has 1 fully saturated rings. The SMILES string of the molecule is CCC(NC)c1cccc(S(=O)(=O)NCC2CCOC2)c1. The smallest absolute Gasteiger partial charge is 0.240 e. The van der Waals surface area contributed by atoms with E-state index in [0.717, 1.165) is 25.0 Å². The van der Waals surface area contributed by atoms with Gasteiger partial charge in [0.1, 0.15) is 0 Å². The van der Waals surface area contributed by atoms with Crippen molar-refractivity contribution in [1.82, 2.24) is 10.0 Å². The molecule has 1 aromatic carbocycles. The van der Waals surface area contributed by atoms with Gasteiger partial charge in [-0.3, -0.25) is 0 Å². The van der Waals surface area contributed by atoms with Crippen LogP contribution in [0.4, 0.5) is 0 Å². The molecule has 2 unspecified atom stereocenters. The molecular weight excluding hydrogens is 288 g/mol. The van der Waals surface area contributed by atoms with Gasteiger partial charge in [-0.2, -0.15) is 0 Å².